The van der Waals surface area contributed by atoms with Gasteiger partial charge < -0.3 is 19.9 Å². The molecule has 1 amide bonds. The molecule has 6 nitrogen and oxygen atoms in total. The lowest BCUT2D eigenvalue weighted by Gasteiger charge is -2.41. The summed E-state index contributed by atoms with van der Waals surface area (Å²) in [4.78, 5) is 23.2. The third-order valence-corrected chi connectivity index (χ3v) is 3.90. The van der Waals surface area contributed by atoms with E-state index in [-0.39, 0.29) is 23.5 Å². The van der Waals surface area contributed by atoms with E-state index in [2.05, 4.69) is 5.32 Å². The first kappa shape index (κ1) is 16.1. The standard InChI is InChI=1S/C15H18FNO5/c1-21-11-6-9(10(16)7-12(11)22-2)14(20)17-15(4-3-5-15)8-13(18)19/h6-7H,3-5,8H2,1-2H3,(H,17,20)(H,18,19). The fourth-order valence-electron chi connectivity index (χ4n) is 2.58. The Bertz CT molecular complexity index is 598. The molecule has 0 radical (unpaired) electrons. The lowest BCUT2D eigenvalue weighted by Crippen LogP contribution is -2.54. The first-order chi connectivity index (χ1) is 10.4. The molecule has 2 N–H and O–H groups in total. The number of halogens is 1. The molecular weight excluding hydrogens is 293 g/mol. The van der Waals surface area contributed by atoms with Crippen LogP contribution in [0.1, 0.15) is 36.0 Å². The zero-order valence-electron chi connectivity index (χ0n) is 12.4. The molecule has 0 aromatic heterocycles. The molecule has 0 unspecified atom stereocenters. The van der Waals surface area contributed by atoms with Gasteiger partial charge >= 0.3 is 5.97 Å². The zero-order valence-corrected chi connectivity index (χ0v) is 12.4. The average molecular weight is 311 g/mol. The second kappa shape index (κ2) is 6.21. The van der Waals surface area contributed by atoms with Crippen LogP contribution >= 0.6 is 0 Å². The van der Waals surface area contributed by atoms with E-state index in [9.17, 15) is 14.0 Å². The number of carboxylic acids is 1. The van der Waals surface area contributed by atoms with Gasteiger partial charge in [0.05, 0.1) is 31.7 Å². The van der Waals surface area contributed by atoms with E-state index in [1.807, 2.05) is 0 Å². The molecule has 1 aliphatic carbocycles. The van der Waals surface area contributed by atoms with Crippen molar-refractivity contribution in [2.45, 2.75) is 31.2 Å². The van der Waals surface area contributed by atoms with Crippen LogP contribution in [0.25, 0.3) is 0 Å². The quantitative estimate of drug-likeness (QED) is 0.839. The maximum Gasteiger partial charge on any atom is 0.305 e. The summed E-state index contributed by atoms with van der Waals surface area (Å²) in [5, 5.41) is 11.6. The van der Waals surface area contributed by atoms with Crippen LogP contribution < -0.4 is 14.8 Å². The fourth-order valence-corrected chi connectivity index (χ4v) is 2.58. The normalized spacial score (nSPS) is 15.6. The van der Waals surface area contributed by atoms with Crippen molar-refractivity contribution in [2.75, 3.05) is 14.2 Å². The third-order valence-electron chi connectivity index (χ3n) is 3.90. The highest BCUT2D eigenvalue weighted by atomic mass is 19.1. The number of carbonyl (C=O) groups is 2. The molecule has 1 aromatic rings. The topological polar surface area (TPSA) is 84.9 Å². The van der Waals surface area contributed by atoms with Gasteiger partial charge in [-0.05, 0) is 25.3 Å². The summed E-state index contributed by atoms with van der Waals surface area (Å²) in [7, 11) is 2.75. The first-order valence-corrected chi connectivity index (χ1v) is 6.86. The van der Waals surface area contributed by atoms with Gasteiger partial charge in [0, 0.05) is 6.07 Å². The van der Waals surface area contributed by atoms with E-state index >= 15 is 0 Å². The Kier molecular flexibility index (Phi) is 4.54. The second-order valence-corrected chi connectivity index (χ2v) is 5.35. The number of hydrogen-bond acceptors (Lipinski definition) is 4. The maximum atomic E-state index is 14.1. The van der Waals surface area contributed by atoms with Crippen LogP contribution in [-0.4, -0.2) is 36.7 Å². The van der Waals surface area contributed by atoms with Crippen LogP contribution in [0.4, 0.5) is 4.39 Å². The first-order valence-electron chi connectivity index (χ1n) is 6.86. The van der Waals surface area contributed by atoms with Crippen molar-refractivity contribution in [3.63, 3.8) is 0 Å². The molecule has 120 valence electrons. The van der Waals surface area contributed by atoms with Crippen molar-refractivity contribution < 1.29 is 28.6 Å². The van der Waals surface area contributed by atoms with Crippen LogP contribution in [0.15, 0.2) is 12.1 Å². The Hall–Kier alpha value is -2.31. The predicted molar refractivity (Wildman–Crippen MR) is 75.8 cm³/mol. The van der Waals surface area contributed by atoms with Gasteiger partial charge in [-0.1, -0.05) is 0 Å². The molecule has 0 atom stereocenters. The minimum Gasteiger partial charge on any atom is -0.493 e. The van der Waals surface area contributed by atoms with Crippen LogP contribution in [0, 0.1) is 5.82 Å². The van der Waals surface area contributed by atoms with Crippen molar-refractivity contribution in [1.82, 2.24) is 5.32 Å². The second-order valence-electron chi connectivity index (χ2n) is 5.35. The summed E-state index contributed by atoms with van der Waals surface area (Å²) in [5.74, 6) is -1.98. The summed E-state index contributed by atoms with van der Waals surface area (Å²) >= 11 is 0. The molecule has 22 heavy (non-hydrogen) atoms. The smallest absolute Gasteiger partial charge is 0.305 e. The van der Waals surface area contributed by atoms with Gasteiger partial charge in [0.2, 0.25) is 0 Å². The number of hydrogen-bond donors (Lipinski definition) is 2. The number of amides is 1. The SMILES string of the molecule is COc1cc(F)c(C(=O)NC2(CC(=O)O)CCC2)cc1OC. The number of carboxylic acid groups (broad SMARTS) is 1. The van der Waals surface area contributed by atoms with E-state index in [4.69, 9.17) is 14.6 Å². The van der Waals surface area contributed by atoms with Gasteiger partial charge in [-0.3, -0.25) is 9.59 Å². The molecule has 0 spiro atoms. The van der Waals surface area contributed by atoms with Gasteiger partial charge in [-0.25, -0.2) is 4.39 Å². The molecule has 2 rings (SSSR count). The Morgan fingerprint density at radius 3 is 2.32 bits per heavy atom. The molecule has 0 heterocycles. The zero-order chi connectivity index (χ0) is 16.3. The lowest BCUT2D eigenvalue weighted by molar-refractivity contribution is -0.139. The molecule has 1 aliphatic rings. The Balaban J connectivity index is 2.24. The van der Waals surface area contributed by atoms with Crippen molar-refractivity contribution in [2.24, 2.45) is 0 Å². The lowest BCUT2D eigenvalue weighted by atomic mass is 9.74. The van der Waals surface area contributed by atoms with Gasteiger partial charge in [0.1, 0.15) is 5.82 Å². The molecule has 1 saturated carbocycles. The number of rotatable bonds is 6. The molecule has 7 heteroatoms. The number of ether oxygens (including phenoxy) is 2. The van der Waals surface area contributed by atoms with E-state index in [1.165, 1.54) is 20.3 Å². The van der Waals surface area contributed by atoms with Crippen molar-refractivity contribution in [3.8, 4) is 11.5 Å². The molecule has 1 fully saturated rings. The maximum absolute atomic E-state index is 14.1. The Morgan fingerprint density at radius 1 is 1.27 bits per heavy atom. The van der Waals surface area contributed by atoms with Crippen molar-refractivity contribution in [3.05, 3.63) is 23.5 Å². The molecule has 0 saturated heterocycles. The number of nitrogens with one attached hydrogen (secondary N) is 1. The van der Waals surface area contributed by atoms with Crippen LogP contribution in [0.2, 0.25) is 0 Å². The van der Waals surface area contributed by atoms with Crippen molar-refractivity contribution >= 4 is 11.9 Å². The van der Waals surface area contributed by atoms with Gasteiger partial charge in [0.25, 0.3) is 5.91 Å². The average Bonchev–Trinajstić information content (AvgIpc) is 2.43. The fraction of sp³-hybridized carbons (Fsp3) is 0.467. The Morgan fingerprint density at radius 2 is 1.86 bits per heavy atom. The third kappa shape index (κ3) is 3.13. The number of benzene rings is 1. The van der Waals surface area contributed by atoms with Crippen LogP contribution in [-0.2, 0) is 4.79 Å². The highest BCUT2D eigenvalue weighted by molar-refractivity contribution is 5.96. The largest absolute Gasteiger partial charge is 0.493 e. The van der Waals surface area contributed by atoms with Gasteiger partial charge in [0.15, 0.2) is 11.5 Å². The summed E-state index contributed by atoms with van der Waals surface area (Å²) in [6.45, 7) is 0. The number of methoxy groups -OCH3 is 2. The van der Waals surface area contributed by atoms with E-state index in [0.29, 0.717) is 12.8 Å². The van der Waals surface area contributed by atoms with Crippen LogP contribution in [0.5, 0.6) is 11.5 Å². The summed E-state index contributed by atoms with van der Waals surface area (Å²) < 4.78 is 24.1. The molecule has 0 aliphatic heterocycles. The number of carbonyl (C=O) groups excluding carboxylic acids is 1. The van der Waals surface area contributed by atoms with Crippen molar-refractivity contribution in [1.29, 1.82) is 0 Å². The minimum absolute atomic E-state index is 0.173. The summed E-state index contributed by atoms with van der Waals surface area (Å²) in [5.41, 5.74) is -0.989. The molecular formula is C15H18FNO5. The Labute approximate surface area is 127 Å². The van der Waals surface area contributed by atoms with E-state index in [0.717, 1.165) is 12.5 Å². The predicted octanol–water partition coefficient (Wildman–Crippen LogP) is 1.97. The monoisotopic (exact) mass is 311 g/mol. The highest BCUT2D eigenvalue weighted by Gasteiger charge is 2.40. The van der Waals surface area contributed by atoms with Crippen LogP contribution in [0.3, 0.4) is 0 Å². The molecule has 1 aromatic carbocycles. The van der Waals surface area contributed by atoms with Gasteiger partial charge in [-0.15, -0.1) is 0 Å². The van der Waals surface area contributed by atoms with Gasteiger partial charge in [-0.2, -0.15) is 0 Å². The van der Waals surface area contributed by atoms with E-state index in [1.54, 1.807) is 0 Å². The highest BCUT2D eigenvalue weighted by Crippen LogP contribution is 2.36. The summed E-state index contributed by atoms with van der Waals surface area (Å²) in [6.07, 6.45) is 1.80. The molecule has 0 bridgehead atoms. The number of aliphatic carboxylic acids is 1. The minimum atomic E-state index is -0.993. The summed E-state index contributed by atoms with van der Waals surface area (Å²) in [6, 6.07) is 2.31. The van der Waals surface area contributed by atoms with E-state index < -0.39 is 23.2 Å².